The van der Waals surface area contributed by atoms with Gasteiger partial charge in [0.25, 0.3) is 9.05 Å². The molecular weight excluding hydrogens is 281 g/mol. The lowest BCUT2D eigenvalue weighted by atomic mass is 10.1. The number of halogens is 3. The predicted octanol–water partition coefficient (Wildman–Crippen LogP) is 2.88. The molecule has 80 valence electrons. The Morgan fingerprint density at radius 3 is 2.40 bits per heavy atom. The lowest BCUT2D eigenvalue weighted by Crippen LogP contribution is -2.01. The molecule has 0 fully saturated rings. The van der Waals surface area contributed by atoms with E-state index in [-0.39, 0.29) is 26.9 Å². The number of hydrogen-bond donors (Lipinski definition) is 0. The van der Waals surface area contributed by atoms with Crippen molar-refractivity contribution >= 4 is 42.9 Å². The number of alkyl halides is 1. The second kappa shape index (κ2) is 4.58. The minimum Gasteiger partial charge on any atom is -0.207 e. The van der Waals surface area contributed by atoms with Crippen molar-refractivity contribution < 1.29 is 8.42 Å². The van der Waals surface area contributed by atoms with Crippen LogP contribution in [0.1, 0.15) is 11.1 Å². The van der Waals surface area contributed by atoms with Gasteiger partial charge in [0.1, 0.15) is 11.0 Å². The largest absolute Gasteiger partial charge is 0.262 e. The number of hydrogen-bond acceptors (Lipinski definition) is 3. The molecule has 1 aromatic carbocycles. The van der Waals surface area contributed by atoms with E-state index in [1.807, 2.05) is 0 Å². The fraction of sp³-hybridized carbons (Fsp3) is 0.125. The van der Waals surface area contributed by atoms with E-state index in [1.54, 1.807) is 6.07 Å². The number of nitriles is 1. The number of nitrogens with zero attached hydrogens (tertiary/aromatic N) is 1. The summed E-state index contributed by atoms with van der Waals surface area (Å²) in [6.07, 6.45) is 0. The molecule has 0 N–H and O–H groups in total. The molecule has 3 nitrogen and oxygen atoms in total. The zero-order valence-electron chi connectivity index (χ0n) is 7.17. The third kappa shape index (κ3) is 2.56. The fourth-order valence-electron chi connectivity index (χ4n) is 1.09. The van der Waals surface area contributed by atoms with Crippen molar-refractivity contribution in [3.63, 3.8) is 0 Å². The number of rotatable bonds is 2. The molecule has 1 aromatic rings. The highest BCUT2D eigenvalue weighted by Crippen LogP contribution is 2.30. The zero-order valence-corrected chi connectivity index (χ0v) is 10.3. The van der Waals surface area contributed by atoms with Gasteiger partial charge in [-0.2, -0.15) is 5.26 Å². The third-order valence-electron chi connectivity index (χ3n) is 1.69. The van der Waals surface area contributed by atoms with Gasteiger partial charge in [-0.3, -0.25) is 0 Å². The second-order valence-electron chi connectivity index (χ2n) is 2.59. The summed E-state index contributed by atoms with van der Waals surface area (Å²) < 4.78 is 22.5. The van der Waals surface area contributed by atoms with Gasteiger partial charge in [0, 0.05) is 16.6 Å². The van der Waals surface area contributed by atoms with Crippen molar-refractivity contribution in [2.45, 2.75) is 10.8 Å². The van der Waals surface area contributed by atoms with Gasteiger partial charge < -0.3 is 0 Å². The Hall–Kier alpha value is -0.470. The van der Waals surface area contributed by atoms with Crippen molar-refractivity contribution in [3.05, 3.63) is 28.3 Å². The van der Waals surface area contributed by atoms with Gasteiger partial charge in [0.15, 0.2) is 0 Å². The molecule has 0 aliphatic heterocycles. The molecule has 0 heterocycles. The summed E-state index contributed by atoms with van der Waals surface area (Å²) in [5.74, 6) is -0.0624. The van der Waals surface area contributed by atoms with Crippen LogP contribution in [0, 0.1) is 11.3 Å². The van der Waals surface area contributed by atoms with E-state index >= 15 is 0 Å². The van der Waals surface area contributed by atoms with E-state index in [0.717, 1.165) is 0 Å². The fourth-order valence-corrected chi connectivity index (χ4v) is 3.03. The Kier molecular flexibility index (Phi) is 3.85. The van der Waals surface area contributed by atoms with Crippen LogP contribution in [0.4, 0.5) is 0 Å². The van der Waals surface area contributed by atoms with Crippen molar-refractivity contribution in [2.24, 2.45) is 0 Å². The van der Waals surface area contributed by atoms with Crippen molar-refractivity contribution in [1.29, 1.82) is 5.26 Å². The number of benzene rings is 1. The Bertz CT molecular complexity index is 534. The van der Waals surface area contributed by atoms with Crippen LogP contribution in [0.2, 0.25) is 5.02 Å². The van der Waals surface area contributed by atoms with Crippen molar-refractivity contribution in [1.82, 2.24) is 0 Å². The summed E-state index contributed by atoms with van der Waals surface area (Å²) in [4.78, 5) is -0.311. The predicted molar refractivity (Wildman–Crippen MR) is 58.8 cm³/mol. The van der Waals surface area contributed by atoms with Crippen LogP contribution in [0.5, 0.6) is 0 Å². The Labute approximate surface area is 102 Å². The summed E-state index contributed by atoms with van der Waals surface area (Å²) in [5, 5.41) is 8.81. The van der Waals surface area contributed by atoms with E-state index in [9.17, 15) is 8.42 Å². The van der Waals surface area contributed by atoms with Crippen LogP contribution in [0.25, 0.3) is 0 Å². The second-order valence-corrected chi connectivity index (χ2v) is 5.77. The Morgan fingerprint density at radius 1 is 1.40 bits per heavy atom. The highest BCUT2D eigenvalue weighted by molar-refractivity contribution is 8.13. The first-order chi connectivity index (χ1) is 6.91. The first-order valence-electron chi connectivity index (χ1n) is 3.64. The molecule has 0 amide bonds. The van der Waals surface area contributed by atoms with E-state index < -0.39 is 9.05 Å². The first-order valence-corrected chi connectivity index (χ1v) is 6.86. The van der Waals surface area contributed by atoms with Crippen LogP contribution < -0.4 is 0 Å². The average molecular weight is 285 g/mol. The van der Waals surface area contributed by atoms with Gasteiger partial charge in [0.05, 0.1) is 10.6 Å². The van der Waals surface area contributed by atoms with E-state index in [2.05, 4.69) is 0 Å². The van der Waals surface area contributed by atoms with E-state index in [0.29, 0.717) is 0 Å². The van der Waals surface area contributed by atoms with Crippen LogP contribution in [0.15, 0.2) is 17.0 Å². The monoisotopic (exact) mass is 283 g/mol. The van der Waals surface area contributed by atoms with Gasteiger partial charge in [-0.15, -0.1) is 11.6 Å². The summed E-state index contributed by atoms with van der Waals surface area (Å²) >= 11 is 11.2. The quantitative estimate of drug-likeness (QED) is 0.620. The molecule has 0 spiro atoms. The molecule has 1 rings (SSSR count). The minimum absolute atomic E-state index is 0.0330. The summed E-state index contributed by atoms with van der Waals surface area (Å²) in [7, 11) is 1.17. The lowest BCUT2D eigenvalue weighted by molar-refractivity contribution is 0.608. The van der Waals surface area contributed by atoms with Gasteiger partial charge in [-0.25, -0.2) is 8.42 Å². The highest BCUT2D eigenvalue weighted by Gasteiger charge is 2.22. The first kappa shape index (κ1) is 12.6. The average Bonchev–Trinajstić information content (AvgIpc) is 2.15. The minimum atomic E-state index is -4.03. The molecule has 15 heavy (non-hydrogen) atoms. The molecule has 0 aliphatic carbocycles. The summed E-state index contributed by atoms with van der Waals surface area (Å²) in [6.45, 7) is 0. The van der Waals surface area contributed by atoms with Gasteiger partial charge in [0.2, 0.25) is 0 Å². The molecule has 0 unspecified atom stereocenters. The maximum atomic E-state index is 11.2. The lowest BCUT2D eigenvalue weighted by Gasteiger charge is -2.06. The zero-order chi connectivity index (χ0) is 11.6. The van der Waals surface area contributed by atoms with Crippen LogP contribution in [0.3, 0.4) is 0 Å². The molecule has 0 bridgehead atoms. The Balaban J connectivity index is 3.73. The summed E-state index contributed by atoms with van der Waals surface area (Å²) in [6, 6.07) is 4.52. The molecule has 7 heteroatoms. The van der Waals surface area contributed by atoms with Crippen LogP contribution in [-0.4, -0.2) is 8.42 Å². The van der Waals surface area contributed by atoms with Crippen LogP contribution >= 0.6 is 33.9 Å². The Morgan fingerprint density at radius 2 is 2.00 bits per heavy atom. The molecule has 0 aliphatic rings. The maximum Gasteiger partial charge on any atom is 0.262 e. The van der Waals surface area contributed by atoms with Gasteiger partial charge >= 0.3 is 0 Å². The molecule has 0 aromatic heterocycles. The third-order valence-corrected chi connectivity index (χ3v) is 3.71. The SMILES string of the molecule is N#Cc1c(Cl)ccc(CCl)c1S(=O)(=O)Cl. The maximum absolute atomic E-state index is 11.2. The van der Waals surface area contributed by atoms with Gasteiger partial charge in [-0.05, 0) is 11.6 Å². The van der Waals surface area contributed by atoms with Crippen molar-refractivity contribution in [2.75, 3.05) is 0 Å². The topological polar surface area (TPSA) is 57.9 Å². The normalized spacial score (nSPS) is 11.1. The molecule has 0 radical (unpaired) electrons. The summed E-state index contributed by atoms with van der Waals surface area (Å²) in [5.41, 5.74) is 0.0810. The molecule has 0 saturated carbocycles. The molecule has 0 atom stereocenters. The highest BCUT2D eigenvalue weighted by atomic mass is 35.7. The smallest absolute Gasteiger partial charge is 0.207 e. The molecular formula is C8H4Cl3NO2S. The van der Waals surface area contributed by atoms with Crippen LogP contribution in [-0.2, 0) is 14.9 Å². The van der Waals surface area contributed by atoms with E-state index in [4.69, 9.17) is 39.1 Å². The van der Waals surface area contributed by atoms with E-state index in [1.165, 1.54) is 12.1 Å². The van der Waals surface area contributed by atoms with Gasteiger partial charge in [-0.1, -0.05) is 17.7 Å². The molecule has 0 saturated heterocycles. The standard InChI is InChI=1S/C8H4Cl3NO2S/c9-3-5-1-2-7(10)6(4-12)8(5)15(11,13)14/h1-2H,3H2. The van der Waals surface area contributed by atoms with Crippen molar-refractivity contribution in [3.8, 4) is 6.07 Å².